The maximum Gasteiger partial charge on any atom is 0.389 e. The van der Waals surface area contributed by atoms with Crippen LogP contribution in [0.1, 0.15) is 31.4 Å². The Hall–Kier alpha value is -3.04. The number of benzene rings is 2. The van der Waals surface area contributed by atoms with Crippen LogP contribution in [0.15, 0.2) is 42.6 Å². The molecular weight excluding hydrogens is 596 g/mol. The second kappa shape index (κ2) is 13.1. The minimum Gasteiger partial charge on any atom is -0.394 e. The number of aliphatic hydroxyl groups excluding tert-OH is 2. The van der Waals surface area contributed by atoms with Gasteiger partial charge in [-0.2, -0.15) is 13.2 Å². The van der Waals surface area contributed by atoms with E-state index in [1.807, 2.05) is 0 Å². The molecule has 0 aliphatic carbocycles. The van der Waals surface area contributed by atoms with Gasteiger partial charge in [-0.3, -0.25) is 4.79 Å². The fourth-order valence-electron chi connectivity index (χ4n) is 4.83. The van der Waals surface area contributed by atoms with Crippen molar-refractivity contribution in [3.05, 3.63) is 70.6 Å². The number of carbonyl (C=O) groups excluding carboxylic acids is 1. The molecule has 0 radical (unpaired) electrons. The van der Waals surface area contributed by atoms with Gasteiger partial charge in [0.15, 0.2) is 23.2 Å². The Balaban J connectivity index is 1.65. The van der Waals surface area contributed by atoms with Crippen molar-refractivity contribution in [2.45, 2.75) is 63.0 Å². The summed E-state index contributed by atoms with van der Waals surface area (Å²) in [5, 5.41) is 29.1. The van der Waals surface area contributed by atoms with Gasteiger partial charge in [0.05, 0.1) is 38.0 Å². The second-order valence-electron chi connectivity index (χ2n) is 9.94. The number of hydrogen-bond acceptors (Lipinski definition) is 7. The Kier molecular flexibility index (Phi) is 9.93. The molecule has 0 amide bonds. The van der Waals surface area contributed by atoms with Crippen molar-refractivity contribution in [3.8, 4) is 11.3 Å². The standard InChI is InChI=1S/C27H26ClF6N3O5/c1-13-23(37-10-19(35-36-37)15-8-17(29)22(31)18(30)9-15)24(40)21(11-38)42-25(13)26(20(39)6-7-27(32,33)34)41-12-14-2-4-16(28)5-3-14/h2-5,8-10,13,21,23-26,38,40H,6-7,11-12H2,1H3/t13?,21?,23-,24+,25-,26-/m1/s1. The van der Waals surface area contributed by atoms with Gasteiger partial charge < -0.3 is 19.7 Å². The monoisotopic (exact) mass is 621 g/mol. The first-order valence-electron chi connectivity index (χ1n) is 12.8. The highest BCUT2D eigenvalue weighted by molar-refractivity contribution is 6.30. The third-order valence-electron chi connectivity index (χ3n) is 7.01. The molecule has 228 valence electrons. The molecule has 8 nitrogen and oxygen atoms in total. The van der Waals surface area contributed by atoms with Gasteiger partial charge >= 0.3 is 6.18 Å². The summed E-state index contributed by atoms with van der Waals surface area (Å²) in [6, 6.07) is 6.66. The fraction of sp³-hybridized carbons (Fsp3) is 0.444. The summed E-state index contributed by atoms with van der Waals surface area (Å²) in [4.78, 5) is 13.1. The molecule has 1 aliphatic heterocycles. The number of Topliss-reactive ketones (excluding diaryl/α,β-unsaturated/α-hetero) is 1. The Morgan fingerprint density at radius 1 is 1.17 bits per heavy atom. The van der Waals surface area contributed by atoms with Crippen LogP contribution in [0.2, 0.25) is 5.02 Å². The number of carbonyl (C=O) groups is 1. The van der Waals surface area contributed by atoms with Crippen LogP contribution in [0.25, 0.3) is 11.3 Å². The molecule has 42 heavy (non-hydrogen) atoms. The molecule has 2 unspecified atom stereocenters. The molecule has 1 aromatic heterocycles. The summed E-state index contributed by atoms with van der Waals surface area (Å²) in [7, 11) is 0. The Morgan fingerprint density at radius 2 is 1.81 bits per heavy atom. The van der Waals surface area contributed by atoms with E-state index >= 15 is 0 Å². The number of ether oxygens (including phenoxy) is 2. The van der Waals surface area contributed by atoms with E-state index in [-0.39, 0.29) is 17.9 Å². The molecule has 15 heteroatoms. The largest absolute Gasteiger partial charge is 0.394 e. The van der Waals surface area contributed by atoms with Crippen molar-refractivity contribution >= 4 is 17.4 Å². The molecule has 2 heterocycles. The lowest BCUT2D eigenvalue weighted by Gasteiger charge is -2.45. The fourth-order valence-corrected chi connectivity index (χ4v) is 4.96. The van der Waals surface area contributed by atoms with E-state index in [4.69, 9.17) is 21.1 Å². The number of aromatic nitrogens is 3. The number of ketones is 1. The van der Waals surface area contributed by atoms with E-state index in [2.05, 4.69) is 10.3 Å². The van der Waals surface area contributed by atoms with E-state index < -0.39 is 85.2 Å². The molecule has 1 aliphatic rings. The molecule has 6 atom stereocenters. The van der Waals surface area contributed by atoms with E-state index in [0.29, 0.717) is 22.7 Å². The van der Waals surface area contributed by atoms with Crippen LogP contribution in [0.3, 0.4) is 0 Å². The van der Waals surface area contributed by atoms with Gasteiger partial charge in [-0.15, -0.1) is 5.10 Å². The number of alkyl halides is 3. The number of nitrogens with zero attached hydrogens (tertiary/aromatic N) is 3. The normalized spacial score (nSPS) is 23.6. The predicted octanol–water partition coefficient (Wildman–Crippen LogP) is 4.81. The van der Waals surface area contributed by atoms with Gasteiger partial charge in [0.1, 0.15) is 24.0 Å². The summed E-state index contributed by atoms with van der Waals surface area (Å²) >= 11 is 5.90. The Bertz CT molecular complexity index is 1370. The van der Waals surface area contributed by atoms with Crippen molar-refractivity contribution < 1.29 is 50.8 Å². The lowest BCUT2D eigenvalue weighted by atomic mass is 9.82. The van der Waals surface area contributed by atoms with Crippen LogP contribution in [0, 0.1) is 23.4 Å². The third-order valence-corrected chi connectivity index (χ3v) is 7.26. The molecule has 0 bridgehead atoms. The zero-order valence-corrected chi connectivity index (χ0v) is 22.7. The molecule has 1 saturated heterocycles. The highest BCUT2D eigenvalue weighted by Gasteiger charge is 2.49. The summed E-state index contributed by atoms with van der Waals surface area (Å²) in [6.45, 7) is 0.593. The average molecular weight is 622 g/mol. The maximum atomic E-state index is 13.8. The van der Waals surface area contributed by atoms with Crippen LogP contribution >= 0.6 is 11.6 Å². The number of aliphatic hydroxyl groups is 2. The van der Waals surface area contributed by atoms with Crippen LogP contribution in [-0.2, 0) is 20.9 Å². The summed E-state index contributed by atoms with van der Waals surface area (Å²) in [5.41, 5.74) is 0.313. The molecule has 1 fully saturated rings. The zero-order valence-electron chi connectivity index (χ0n) is 21.9. The third kappa shape index (κ3) is 7.29. The van der Waals surface area contributed by atoms with Gasteiger partial charge in [0.2, 0.25) is 0 Å². The van der Waals surface area contributed by atoms with Crippen molar-refractivity contribution in [1.29, 1.82) is 0 Å². The quantitative estimate of drug-likeness (QED) is 0.247. The minimum absolute atomic E-state index is 0.0902. The van der Waals surface area contributed by atoms with E-state index in [1.54, 1.807) is 24.3 Å². The molecular formula is C27H26ClF6N3O5. The topological polar surface area (TPSA) is 107 Å². The molecule has 3 aromatic rings. The van der Waals surface area contributed by atoms with Gasteiger partial charge in [-0.1, -0.05) is 35.9 Å². The predicted molar refractivity (Wildman–Crippen MR) is 136 cm³/mol. The van der Waals surface area contributed by atoms with Crippen LogP contribution in [0.5, 0.6) is 0 Å². The Labute approximate surface area is 240 Å². The van der Waals surface area contributed by atoms with Gasteiger partial charge in [0.25, 0.3) is 0 Å². The smallest absolute Gasteiger partial charge is 0.389 e. The Morgan fingerprint density at radius 3 is 2.40 bits per heavy atom. The number of rotatable bonds is 10. The van der Waals surface area contributed by atoms with E-state index in [1.165, 1.54) is 13.1 Å². The lowest BCUT2D eigenvalue weighted by Crippen LogP contribution is -2.57. The molecule has 4 rings (SSSR count). The van der Waals surface area contributed by atoms with Crippen molar-refractivity contribution in [2.75, 3.05) is 6.61 Å². The van der Waals surface area contributed by atoms with Gasteiger partial charge in [-0.05, 0) is 29.8 Å². The zero-order chi connectivity index (χ0) is 30.8. The summed E-state index contributed by atoms with van der Waals surface area (Å²) in [6.07, 6.45) is -11.3. The first-order chi connectivity index (χ1) is 19.8. The molecule has 0 saturated carbocycles. The van der Waals surface area contributed by atoms with E-state index in [0.717, 1.165) is 4.68 Å². The highest BCUT2D eigenvalue weighted by atomic mass is 35.5. The lowest BCUT2D eigenvalue weighted by molar-refractivity contribution is -0.215. The molecule has 2 aromatic carbocycles. The minimum atomic E-state index is -4.61. The van der Waals surface area contributed by atoms with Crippen LogP contribution in [-0.4, -0.2) is 68.2 Å². The first kappa shape index (κ1) is 31.9. The number of halogens is 7. The molecule has 0 spiro atoms. The maximum absolute atomic E-state index is 13.8. The van der Waals surface area contributed by atoms with Crippen LogP contribution in [0.4, 0.5) is 26.3 Å². The second-order valence-corrected chi connectivity index (χ2v) is 10.4. The highest BCUT2D eigenvalue weighted by Crippen LogP contribution is 2.38. The molecule has 2 N–H and O–H groups in total. The summed E-state index contributed by atoms with van der Waals surface area (Å²) in [5.74, 6) is -6.39. The van der Waals surface area contributed by atoms with Gasteiger partial charge in [0, 0.05) is 22.9 Å². The van der Waals surface area contributed by atoms with Crippen molar-refractivity contribution in [3.63, 3.8) is 0 Å². The van der Waals surface area contributed by atoms with Crippen molar-refractivity contribution in [1.82, 2.24) is 15.0 Å². The summed E-state index contributed by atoms with van der Waals surface area (Å²) < 4.78 is 92.7. The first-order valence-corrected chi connectivity index (χ1v) is 13.1. The van der Waals surface area contributed by atoms with Crippen molar-refractivity contribution in [2.24, 2.45) is 5.92 Å². The number of hydrogen-bond donors (Lipinski definition) is 2. The van der Waals surface area contributed by atoms with Crippen LogP contribution < -0.4 is 0 Å². The average Bonchev–Trinajstić information content (AvgIpc) is 3.42. The SMILES string of the molecule is CC1[C@H]([C@H](OCc2ccc(Cl)cc2)C(=O)CCC(F)(F)F)OC(CO)[C@H](O)[C@@H]1n1cc(-c2cc(F)c(F)c(F)c2)nn1. The van der Waals surface area contributed by atoms with Gasteiger partial charge in [-0.25, -0.2) is 17.9 Å². The van der Waals surface area contributed by atoms with E-state index in [9.17, 15) is 41.4 Å².